The number of nitrogens with zero attached hydrogens (tertiary/aromatic N) is 1. The second-order valence-electron chi connectivity index (χ2n) is 5.79. The Labute approximate surface area is 150 Å². The molecule has 1 aromatic carbocycles. The molecule has 5 heteroatoms. The molecule has 0 bridgehead atoms. The van der Waals surface area contributed by atoms with E-state index >= 15 is 0 Å². The van der Waals surface area contributed by atoms with Crippen LogP contribution in [0.4, 0.5) is 0 Å². The largest absolute Gasteiger partial charge is 0.493 e. The Morgan fingerprint density at radius 2 is 1.92 bits per heavy atom. The van der Waals surface area contributed by atoms with Gasteiger partial charge >= 0.3 is 5.97 Å². The first-order valence-corrected chi connectivity index (χ1v) is 9.83. The van der Waals surface area contributed by atoms with Gasteiger partial charge in [0.15, 0.2) is 0 Å². The van der Waals surface area contributed by atoms with Gasteiger partial charge in [-0.3, -0.25) is 0 Å². The van der Waals surface area contributed by atoms with Crippen LogP contribution in [0.15, 0.2) is 22.2 Å². The predicted octanol–water partition coefficient (Wildman–Crippen LogP) is 5.35. The number of hydrogen-bond acceptors (Lipinski definition) is 5. The first-order valence-electron chi connectivity index (χ1n) is 8.60. The maximum atomic E-state index is 10.8. The van der Waals surface area contributed by atoms with Crippen LogP contribution in [0.3, 0.4) is 0 Å². The Kier molecular flexibility index (Phi) is 10.2. The molecule has 0 aliphatic rings. The molecule has 0 amide bonds. The highest BCUT2D eigenvalue weighted by Crippen LogP contribution is 2.28. The highest BCUT2D eigenvalue weighted by molar-refractivity contribution is 7.98. The molecule has 0 fully saturated rings. The summed E-state index contributed by atoms with van der Waals surface area (Å²) >= 11 is 1.67. The van der Waals surface area contributed by atoms with Crippen LogP contribution in [-0.2, 0) is 9.63 Å². The van der Waals surface area contributed by atoms with E-state index in [1.165, 1.54) is 50.8 Å². The number of unbranched alkanes of at least 4 members (excludes halogenated alkanes) is 5. The van der Waals surface area contributed by atoms with Gasteiger partial charge in [0.05, 0.1) is 12.8 Å². The summed E-state index contributed by atoms with van der Waals surface area (Å²) in [6, 6.07) is 4.04. The lowest BCUT2D eigenvalue weighted by Crippen LogP contribution is -2.02. The smallest absolute Gasteiger partial charge is 0.331 e. The highest BCUT2D eigenvalue weighted by Gasteiger charge is 2.07. The molecule has 134 valence electrons. The van der Waals surface area contributed by atoms with E-state index < -0.39 is 5.97 Å². The molecular formula is C19H29NO3S. The van der Waals surface area contributed by atoms with Crippen LogP contribution >= 0.6 is 11.8 Å². The van der Waals surface area contributed by atoms with Crippen molar-refractivity contribution in [1.82, 2.24) is 0 Å². The third kappa shape index (κ3) is 7.86. The Balaban J connectivity index is 2.64. The SMILES string of the molecule is CCCCCCCCOc1cc(C)c(SC)cc1C=NOC(C)=O. The molecule has 0 N–H and O–H groups in total. The van der Waals surface area contributed by atoms with E-state index in [1.54, 1.807) is 11.8 Å². The van der Waals surface area contributed by atoms with Crippen LogP contribution < -0.4 is 4.74 Å². The number of thioether (sulfide) groups is 1. The number of oxime groups is 1. The molecule has 1 rings (SSSR count). The highest BCUT2D eigenvalue weighted by atomic mass is 32.2. The number of carbonyl (C=O) groups excluding carboxylic acids is 1. The third-order valence-electron chi connectivity index (χ3n) is 3.66. The molecule has 0 aliphatic carbocycles. The van der Waals surface area contributed by atoms with Crippen molar-refractivity contribution in [2.75, 3.05) is 12.9 Å². The monoisotopic (exact) mass is 351 g/mol. The number of ether oxygens (including phenoxy) is 1. The lowest BCUT2D eigenvalue weighted by molar-refractivity contribution is -0.140. The third-order valence-corrected chi connectivity index (χ3v) is 4.54. The lowest BCUT2D eigenvalue weighted by atomic mass is 10.1. The van der Waals surface area contributed by atoms with E-state index in [0.717, 1.165) is 22.6 Å². The summed E-state index contributed by atoms with van der Waals surface area (Å²) in [4.78, 5) is 16.7. The van der Waals surface area contributed by atoms with Gasteiger partial charge in [-0.05, 0) is 37.3 Å². The van der Waals surface area contributed by atoms with Crippen LogP contribution in [0.2, 0.25) is 0 Å². The Morgan fingerprint density at radius 3 is 2.58 bits per heavy atom. The van der Waals surface area contributed by atoms with Crippen LogP contribution in [0.5, 0.6) is 5.75 Å². The second kappa shape index (κ2) is 12.0. The number of benzene rings is 1. The fraction of sp³-hybridized carbons (Fsp3) is 0.579. The topological polar surface area (TPSA) is 47.9 Å². The van der Waals surface area contributed by atoms with Gasteiger partial charge in [-0.15, -0.1) is 11.8 Å². The van der Waals surface area contributed by atoms with Gasteiger partial charge in [0.25, 0.3) is 0 Å². The molecule has 0 heterocycles. The van der Waals surface area contributed by atoms with E-state index in [-0.39, 0.29) is 0 Å². The van der Waals surface area contributed by atoms with E-state index in [9.17, 15) is 4.79 Å². The van der Waals surface area contributed by atoms with Gasteiger partial charge in [0, 0.05) is 17.4 Å². The van der Waals surface area contributed by atoms with E-state index in [4.69, 9.17) is 4.74 Å². The summed E-state index contributed by atoms with van der Waals surface area (Å²) in [5.41, 5.74) is 2.00. The van der Waals surface area contributed by atoms with Crippen LogP contribution in [0, 0.1) is 6.92 Å². The molecule has 0 aliphatic heterocycles. The number of aryl methyl sites for hydroxylation is 1. The lowest BCUT2D eigenvalue weighted by Gasteiger charge is -2.12. The minimum Gasteiger partial charge on any atom is -0.493 e. The van der Waals surface area contributed by atoms with Crippen molar-refractivity contribution in [3.05, 3.63) is 23.3 Å². The van der Waals surface area contributed by atoms with Gasteiger partial charge in [-0.2, -0.15) is 0 Å². The standard InChI is InChI=1S/C19H29NO3S/c1-5-6-7-8-9-10-11-22-18-12-15(2)19(24-4)13-17(18)14-20-23-16(3)21/h12-14H,5-11H2,1-4H3. The normalized spacial score (nSPS) is 11.0. The number of hydrogen-bond donors (Lipinski definition) is 0. The van der Waals surface area contributed by atoms with Crippen molar-refractivity contribution in [2.45, 2.75) is 64.2 Å². The maximum absolute atomic E-state index is 10.8. The molecule has 1 aromatic rings. The van der Waals surface area contributed by atoms with E-state index in [0.29, 0.717) is 6.61 Å². The fourth-order valence-electron chi connectivity index (χ4n) is 2.34. The molecule has 0 aromatic heterocycles. The second-order valence-corrected chi connectivity index (χ2v) is 6.64. The predicted molar refractivity (Wildman–Crippen MR) is 101 cm³/mol. The summed E-state index contributed by atoms with van der Waals surface area (Å²) in [7, 11) is 0. The Morgan fingerprint density at radius 1 is 1.21 bits per heavy atom. The van der Waals surface area contributed by atoms with Crippen LogP contribution in [0.25, 0.3) is 0 Å². The molecule has 0 saturated carbocycles. The van der Waals surface area contributed by atoms with E-state index in [2.05, 4.69) is 23.8 Å². The van der Waals surface area contributed by atoms with Crippen LogP contribution in [0.1, 0.15) is 63.5 Å². The van der Waals surface area contributed by atoms with Crippen molar-refractivity contribution in [1.29, 1.82) is 0 Å². The van der Waals surface area contributed by atoms with Gasteiger partial charge in [0.1, 0.15) is 5.75 Å². The van der Waals surface area contributed by atoms with E-state index in [1.807, 2.05) is 18.4 Å². The zero-order chi connectivity index (χ0) is 17.8. The molecule has 0 spiro atoms. The summed E-state index contributed by atoms with van der Waals surface area (Å²) in [5, 5.41) is 3.72. The molecule has 0 saturated heterocycles. The maximum Gasteiger partial charge on any atom is 0.331 e. The van der Waals surface area contributed by atoms with Gasteiger partial charge in [-0.1, -0.05) is 44.2 Å². The molecule has 0 unspecified atom stereocenters. The summed E-state index contributed by atoms with van der Waals surface area (Å²) < 4.78 is 5.94. The van der Waals surface area contributed by atoms with Crippen molar-refractivity contribution in [3.8, 4) is 5.75 Å². The van der Waals surface area contributed by atoms with Gasteiger partial charge in [0.2, 0.25) is 0 Å². The van der Waals surface area contributed by atoms with Gasteiger partial charge < -0.3 is 9.57 Å². The summed E-state index contributed by atoms with van der Waals surface area (Å²) in [6.07, 6.45) is 11.0. The quantitative estimate of drug-likeness (QED) is 0.177. The van der Waals surface area contributed by atoms with Crippen molar-refractivity contribution in [3.63, 3.8) is 0 Å². The molecular weight excluding hydrogens is 322 g/mol. The minimum absolute atomic E-state index is 0.432. The first kappa shape index (κ1) is 20.6. The minimum atomic E-state index is -0.432. The summed E-state index contributed by atoms with van der Waals surface area (Å²) in [6.45, 7) is 6.31. The Hall–Kier alpha value is -1.49. The molecule has 0 radical (unpaired) electrons. The van der Waals surface area contributed by atoms with Crippen molar-refractivity contribution >= 4 is 23.9 Å². The van der Waals surface area contributed by atoms with Crippen LogP contribution in [-0.4, -0.2) is 25.0 Å². The summed E-state index contributed by atoms with van der Waals surface area (Å²) in [5.74, 6) is 0.354. The average molecular weight is 352 g/mol. The molecule has 0 atom stereocenters. The number of carbonyl (C=O) groups is 1. The first-order chi connectivity index (χ1) is 11.6. The Bertz CT molecular complexity index is 544. The zero-order valence-electron chi connectivity index (χ0n) is 15.3. The van der Waals surface area contributed by atoms with Gasteiger partial charge in [-0.25, -0.2) is 4.79 Å². The zero-order valence-corrected chi connectivity index (χ0v) is 16.1. The molecule has 24 heavy (non-hydrogen) atoms. The fourth-order valence-corrected chi connectivity index (χ4v) is 2.97. The van der Waals surface area contributed by atoms with Crippen molar-refractivity contribution < 1.29 is 14.4 Å². The van der Waals surface area contributed by atoms with Crippen molar-refractivity contribution in [2.24, 2.45) is 5.16 Å². The average Bonchev–Trinajstić information content (AvgIpc) is 2.55. The molecule has 4 nitrogen and oxygen atoms in total. The number of rotatable bonds is 11.